The van der Waals surface area contributed by atoms with E-state index in [1.54, 1.807) is 15.9 Å². The van der Waals surface area contributed by atoms with Crippen LogP contribution in [0.2, 0.25) is 0 Å². The van der Waals surface area contributed by atoms with Crippen LogP contribution in [0.15, 0.2) is 51.6 Å². The average molecular weight is 395 g/mol. The highest BCUT2D eigenvalue weighted by Gasteiger charge is 2.47. The van der Waals surface area contributed by atoms with E-state index in [9.17, 15) is 9.59 Å². The lowest BCUT2D eigenvalue weighted by molar-refractivity contribution is 0.298. The van der Waals surface area contributed by atoms with E-state index in [-0.39, 0.29) is 5.41 Å². The molecule has 28 heavy (non-hydrogen) atoms. The Morgan fingerprint density at radius 2 is 1.86 bits per heavy atom. The van der Waals surface area contributed by atoms with E-state index in [2.05, 4.69) is 9.88 Å². The normalized spacial score (nSPS) is 21.4. The van der Waals surface area contributed by atoms with Gasteiger partial charge in [-0.25, -0.2) is 4.68 Å². The van der Waals surface area contributed by atoms with Crippen LogP contribution in [0.25, 0.3) is 0 Å². The summed E-state index contributed by atoms with van der Waals surface area (Å²) in [4.78, 5) is 32.7. The lowest BCUT2D eigenvalue weighted by Gasteiger charge is -2.23. The molecule has 1 atom stereocenters. The molecule has 144 valence electrons. The van der Waals surface area contributed by atoms with Gasteiger partial charge < -0.3 is 0 Å². The first kappa shape index (κ1) is 17.5. The molecule has 0 unspecified atom stereocenters. The maximum absolute atomic E-state index is 12.7. The van der Waals surface area contributed by atoms with Gasteiger partial charge in [0.15, 0.2) is 0 Å². The Morgan fingerprint density at radius 3 is 2.64 bits per heavy atom. The molecule has 0 aliphatic carbocycles. The van der Waals surface area contributed by atoms with Gasteiger partial charge in [0.25, 0.3) is 0 Å². The van der Waals surface area contributed by atoms with Gasteiger partial charge in [-0.05, 0) is 48.5 Å². The van der Waals surface area contributed by atoms with Crippen LogP contribution in [0.1, 0.15) is 29.1 Å². The lowest BCUT2D eigenvalue weighted by Crippen LogP contribution is -2.45. The topological polar surface area (TPSA) is 73.0 Å². The highest BCUT2D eigenvalue weighted by atomic mass is 32.1. The zero-order valence-electron chi connectivity index (χ0n) is 15.5. The smallest absolute Gasteiger partial charge is 0.298 e. The van der Waals surface area contributed by atoms with Gasteiger partial charge in [-0.2, -0.15) is 5.10 Å². The summed E-state index contributed by atoms with van der Waals surface area (Å²) in [5.41, 5.74) is 0.127. The van der Waals surface area contributed by atoms with E-state index in [1.165, 1.54) is 10.2 Å². The zero-order valence-corrected chi connectivity index (χ0v) is 16.3. The fourth-order valence-electron chi connectivity index (χ4n) is 4.46. The quantitative estimate of drug-likeness (QED) is 0.626. The van der Waals surface area contributed by atoms with Crippen molar-refractivity contribution in [2.24, 2.45) is 0 Å². The molecule has 0 aromatic carbocycles. The molecule has 2 aliphatic rings. The standard InChI is InChI=1S/C20H21N5O2S/c26-17-18(27)25(13-16-2-1-11-28-16)22-19-20(6-10-24(17)19)5-9-23(14-20)12-15-3-7-21-8-4-15/h1-4,7-8,11H,5-6,9-10,12-14H2/t20-/m0/s1. The molecular weight excluding hydrogens is 374 g/mol. The second-order valence-corrected chi connectivity index (χ2v) is 8.70. The van der Waals surface area contributed by atoms with Crippen molar-refractivity contribution in [3.8, 4) is 0 Å². The second kappa shape index (κ2) is 6.79. The van der Waals surface area contributed by atoms with Crippen molar-refractivity contribution >= 4 is 11.3 Å². The lowest BCUT2D eigenvalue weighted by atomic mass is 9.85. The summed E-state index contributed by atoms with van der Waals surface area (Å²) in [6, 6.07) is 7.98. The highest BCUT2D eigenvalue weighted by molar-refractivity contribution is 7.09. The van der Waals surface area contributed by atoms with Crippen molar-refractivity contribution in [3.05, 3.63) is 79.0 Å². The fourth-order valence-corrected chi connectivity index (χ4v) is 5.14. The van der Waals surface area contributed by atoms with Gasteiger partial charge >= 0.3 is 11.1 Å². The molecule has 0 saturated carbocycles. The Morgan fingerprint density at radius 1 is 1.04 bits per heavy atom. The van der Waals surface area contributed by atoms with Crippen molar-refractivity contribution in [2.45, 2.75) is 37.9 Å². The largest absolute Gasteiger partial charge is 0.332 e. The molecule has 1 saturated heterocycles. The minimum atomic E-state index is -0.527. The van der Waals surface area contributed by atoms with Gasteiger partial charge in [0.05, 0.1) is 6.54 Å². The molecule has 2 aliphatic heterocycles. The number of aromatic nitrogens is 4. The SMILES string of the molecule is O=c1c(=O)n2c(nn1Cc1cccs1)[C@@]1(CCN(Cc3ccncc3)C1)CC2. The average Bonchev–Trinajstić information content (AvgIpc) is 3.43. The van der Waals surface area contributed by atoms with E-state index in [1.807, 2.05) is 42.0 Å². The predicted octanol–water partition coefficient (Wildman–Crippen LogP) is 1.46. The predicted molar refractivity (Wildman–Crippen MR) is 107 cm³/mol. The van der Waals surface area contributed by atoms with Gasteiger partial charge in [0.1, 0.15) is 5.82 Å². The molecule has 0 amide bonds. The minimum absolute atomic E-state index is 0.142. The van der Waals surface area contributed by atoms with Crippen molar-refractivity contribution in [2.75, 3.05) is 13.1 Å². The van der Waals surface area contributed by atoms with Gasteiger partial charge in [-0.15, -0.1) is 11.3 Å². The van der Waals surface area contributed by atoms with E-state index in [0.29, 0.717) is 13.1 Å². The minimum Gasteiger partial charge on any atom is -0.298 e. The number of likely N-dealkylation sites (tertiary alicyclic amines) is 1. The summed E-state index contributed by atoms with van der Waals surface area (Å²) in [7, 11) is 0. The monoisotopic (exact) mass is 395 g/mol. The molecule has 3 aromatic heterocycles. The fraction of sp³-hybridized carbons (Fsp3) is 0.400. The number of rotatable bonds is 4. The maximum atomic E-state index is 12.7. The third kappa shape index (κ3) is 2.93. The molecule has 7 nitrogen and oxygen atoms in total. The van der Waals surface area contributed by atoms with Crippen molar-refractivity contribution in [3.63, 3.8) is 0 Å². The first-order valence-corrected chi connectivity index (χ1v) is 10.4. The summed E-state index contributed by atoms with van der Waals surface area (Å²) in [6.07, 6.45) is 5.46. The van der Waals surface area contributed by atoms with Crippen LogP contribution in [0.3, 0.4) is 0 Å². The number of hydrogen-bond donors (Lipinski definition) is 0. The Labute approximate surface area is 165 Å². The number of fused-ring (bicyclic) bond motifs is 2. The zero-order chi connectivity index (χ0) is 19.1. The first-order chi connectivity index (χ1) is 13.6. The molecular formula is C20H21N5O2S. The number of thiophene rings is 1. The molecule has 1 spiro atoms. The van der Waals surface area contributed by atoms with Crippen LogP contribution in [0, 0.1) is 0 Å². The van der Waals surface area contributed by atoms with Crippen molar-refractivity contribution in [1.82, 2.24) is 24.2 Å². The van der Waals surface area contributed by atoms with Crippen LogP contribution in [-0.4, -0.2) is 37.3 Å². The third-order valence-electron chi connectivity index (χ3n) is 5.90. The summed E-state index contributed by atoms with van der Waals surface area (Å²) in [5, 5.41) is 6.67. The van der Waals surface area contributed by atoms with E-state index < -0.39 is 11.1 Å². The Balaban J connectivity index is 1.46. The van der Waals surface area contributed by atoms with E-state index >= 15 is 0 Å². The van der Waals surface area contributed by atoms with Gasteiger partial charge in [-0.3, -0.25) is 24.0 Å². The van der Waals surface area contributed by atoms with Crippen LogP contribution in [0.4, 0.5) is 0 Å². The van der Waals surface area contributed by atoms with Gasteiger partial charge in [-0.1, -0.05) is 6.07 Å². The molecule has 0 bridgehead atoms. The molecule has 5 rings (SSSR count). The molecule has 8 heteroatoms. The molecule has 0 radical (unpaired) electrons. The summed E-state index contributed by atoms with van der Waals surface area (Å²) in [6.45, 7) is 3.63. The third-order valence-corrected chi connectivity index (χ3v) is 6.76. The summed E-state index contributed by atoms with van der Waals surface area (Å²) in [5.74, 6) is 0.783. The number of pyridine rings is 1. The van der Waals surface area contributed by atoms with Crippen molar-refractivity contribution in [1.29, 1.82) is 0 Å². The van der Waals surface area contributed by atoms with Gasteiger partial charge in [0.2, 0.25) is 0 Å². The second-order valence-electron chi connectivity index (χ2n) is 7.67. The molecule has 0 N–H and O–H groups in total. The summed E-state index contributed by atoms with van der Waals surface area (Å²) >= 11 is 1.57. The van der Waals surface area contributed by atoms with Crippen LogP contribution in [0.5, 0.6) is 0 Å². The first-order valence-electron chi connectivity index (χ1n) is 9.51. The van der Waals surface area contributed by atoms with E-state index in [4.69, 9.17) is 5.10 Å². The Bertz CT molecular complexity index is 1110. The number of hydrogen-bond acceptors (Lipinski definition) is 6. The Kier molecular flexibility index (Phi) is 4.25. The van der Waals surface area contributed by atoms with E-state index in [0.717, 1.165) is 43.2 Å². The van der Waals surface area contributed by atoms with Gasteiger partial charge in [0, 0.05) is 42.3 Å². The van der Waals surface area contributed by atoms with Crippen LogP contribution >= 0.6 is 11.3 Å². The maximum Gasteiger partial charge on any atom is 0.332 e. The van der Waals surface area contributed by atoms with Crippen LogP contribution < -0.4 is 11.1 Å². The highest BCUT2D eigenvalue weighted by Crippen LogP contribution is 2.40. The molecule has 3 aromatic rings. The Hall–Kier alpha value is -2.58. The summed E-state index contributed by atoms with van der Waals surface area (Å²) < 4.78 is 2.97. The number of nitrogens with zero attached hydrogens (tertiary/aromatic N) is 5. The molecule has 5 heterocycles. The van der Waals surface area contributed by atoms with Crippen molar-refractivity contribution < 1.29 is 0 Å². The van der Waals surface area contributed by atoms with Crippen LogP contribution in [-0.2, 0) is 25.0 Å². The molecule has 1 fully saturated rings.